The summed E-state index contributed by atoms with van der Waals surface area (Å²) in [5.41, 5.74) is 0.475. The van der Waals surface area contributed by atoms with Gasteiger partial charge in [-0.15, -0.1) is 0 Å². The third-order valence-corrected chi connectivity index (χ3v) is 1.94. The van der Waals surface area contributed by atoms with Gasteiger partial charge in [-0.3, -0.25) is 9.78 Å². The zero-order valence-corrected chi connectivity index (χ0v) is 8.22. The monoisotopic (exact) mass is 217 g/mol. The fraction of sp³-hybridized carbons (Fsp3) is 0. The molecule has 0 unspecified atom stereocenters. The van der Waals surface area contributed by atoms with E-state index in [1.807, 2.05) is 0 Å². The molecule has 5 heteroatoms. The molecule has 0 fully saturated rings. The molecule has 1 amide bonds. The van der Waals surface area contributed by atoms with Gasteiger partial charge in [0, 0.05) is 24.3 Å². The van der Waals surface area contributed by atoms with Crippen LogP contribution in [0.25, 0.3) is 0 Å². The van der Waals surface area contributed by atoms with Crippen LogP contribution in [0.1, 0.15) is 10.4 Å². The smallest absolute Gasteiger partial charge is 0.260 e. The molecule has 0 saturated heterocycles. The molecular weight excluding hydrogens is 209 g/mol. The normalized spacial score (nSPS) is 9.81. The molecule has 0 atom stereocenters. The molecule has 0 saturated carbocycles. The highest BCUT2D eigenvalue weighted by Crippen LogP contribution is 2.08. The van der Waals surface area contributed by atoms with Crippen molar-refractivity contribution in [2.75, 3.05) is 5.32 Å². The Morgan fingerprint density at radius 1 is 1.19 bits per heavy atom. The van der Waals surface area contributed by atoms with Gasteiger partial charge in [0.1, 0.15) is 0 Å². The fourth-order valence-electron chi connectivity index (χ4n) is 1.19. The Morgan fingerprint density at radius 2 is 1.94 bits per heavy atom. The lowest BCUT2D eigenvalue weighted by Crippen LogP contribution is -2.14. The molecule has 2 aromatic heterocycles. The summed E-state index contributed by atoms with van der Waals surface area (Å²) in [6.45, 7) is 0. The summed E-state index contributed by atoms with van der Waals surface area (Å²) >= 11 is 0. The van der Waals surface area contributed by atoms with Crippen molar-refractivity contribution in [1.82, 2.24) is 9.97 Å². The van der Waals surface area contributed by atoms with E-state index < -0.39 is 11.9 Å². The molecule has 0 aliphatic carbocycles. The van der Waals surface area contributed by atoms with E-state index in [-0.39, 0.29) is 5.56 Å². The van der Waals surface area contributed by atoms with E-state index >= 15 is 0 Å². The maximum absolute atomic E-state index is 13.2. The molecule has 4 nitrogen and oxygen atoms in total. The van der Waals surface area contributed by atoms with Gasteiger partial charge in [0.05, 0.1) is 5.56 Å². The molecule has 0 aromatic carbocycles. The molecule has 2 rings (SSSR count). The van der Waals surface area contributed by atoms with Gasteiger partial charge in [0.15, 0.2) is 0 Å². The molecular formula is C11H8FN3O. The van der Waals surface area contributed by atoms with Crippen LogP contribution >= 0.6 is 0 Å². The van der Waals surface area contributed by atoms with E-state index in [4.69, 9.17) is 0 Å². The average molecular weight is 217 g/mol. The molecule has 0 radical (unpaired) electrons. The maximum atomic E-state index is 13.2. The molecule has 80 valence electrons. The van der Waals surface area contributed by atoms with Crippen molar-refractivity contribution in [1.29, 1.82) is 0 Å². The minimum absolute atomic E-state index is 0.0840. The Hall–Kier alpha value is -2.30. The highest BCUT2D eigenvalue weighted by atomic mass is 19.1. The van der Waals surface area contributed by atoms with E-state index in [1.54, 1.807) is 12.1 Å². The minimum atomic E-state index is -0.783. The molecule has 1 N–H and O–H groups in total. The van der Waals surface area contributed by atoms with Crippen LogP contribution in [0.3, 0.4) is 0 Å². The standard InChI is InChI=1S/C11H8FN3O/c12-10-9(2-1-5-14-10)11(16)15-8-3-6-13-7-4-8/h1-7H,(H,13,15,16). The number of carbonyl (C=O) groups excluding carboxylic acids is 1. The highest BCUT2D eigenvalue weighted by molar-refractivity contribution is 6.04. The van der Waals surface area contributed by atoms with Gasteiger partial charge in [0.25, 0.3) is 5.91 Å². The lowest BCUT2D eigenvalue weighted by molar-refractivity contribution is 0.102. The Labute approximate surface area is 91.2 Å². The predicted molar refractivity (Wildman–Crippen MR) is 56.4 cm³/mol. The first-order valence-corrected chi connectivity index (χ1v) is 4.59. The number of hydrogen-bond acceptors (Lipinski definition) is 3. The van der Waals surface area contributed by atoms with Crippen molar-refractivity contribution < 1.29 is 9.18 Å². The van der Waals surface area contributed by atoms with Crippen LogP contribution in [0, 0.1) is 5.95 Å². The Balaban J connectivity index is 2.19. The molecule has 0 bridgehead atoms. The second-order valence-electron chi connectivity index (χ2n) is 3.03. The van der Waals surface area contributed by atoms with Crippen molar-refractivity contribution in [3.8, 4) is 0 Å². The summed E-state index contributed by atoms with van der Waals surface area (Å²) in [5, 5.41) is 2.54. The van der Waals surface area contributed by atoms with Crippen LogP contribution < -0.4 is 5.32 Å². The van der Waals surface area contributed by atoms with Crippen LogP contribution in [0.4, 0.5) is 10.1 Å². The largest absolute Gasteiger partial charge is 0.322 e. The molecule has 0 spiro atoms. The van der Waals surface area contributed by atoms with Crippen molar-refractivity contribution in [2.24, 2.45) is 0 Å². The van der Waals surface area contributed by atoms with Crippen LogP contribution in [0.15, 0.2) is 42.9 Å². The van der Waals surface area contributed by atoms with E-state index in [0.29, 0.717) is 5.69 Å². The first kappa shape index (κ1) is 10.2. The van der Waals surface area contributed by atoms with Gasteiger partial charge in [-0.05, 0) is 24.3 Å². The number of halogens is 1. The van der Waals surface area contributed by atoms with E-state index in [9.17, 15) is 9.18 Å². The topological polar surface area (TPSA) is 54.9 Å². The minimum Gasteiger partial charge on any atom is -0.322 e. The number of anilines is 1. The number of nitrogens with zero attached hydrogens (tertiary/aromatic N) is 2. The second-order valence-corrected chi connectivity index (χ2v) is 3.03. The molecule has 2 aromatic rings. The van der Waals surface area contributed by atoms with E-state index in [2.05, 4.69) is 15.3 Å². The molecule has 16 heavy (non-hydrogen) atoms. The quantitative estimate of drug-likeness (QED) is 0.781. The number of amides is 1. The first-order valence-electron chi connectivity index (χ1n) is 4.59. The van der Waals surface area contributed by atoms with Gasteiger partial charge >= 0.3 is 0 Å². The molecule has 2 heterocycles. The average Bonchev–Trinajstić information content (AvgIpc) is 2.31. The number of rotatable bonds is 2. The number of nitrogens with one attached hydrogen (secondary N) is 1. The lowest BCUT2D eigenvalue weighted by Gasteiger charge is -2.04. The van der Waals surface area contributed by atoms with Crippen molar-refractivity contribution in [2.45, 2.75) is 0 Å². The zero-order chi connectivity index (χ0) is 11.4. The van der Waals surface area contributed by atoms with Crippen LogP contribution in [0.5, 0.6) is 0 Å². The summed E-state index contributed by atoms with van der Waals surface area (Å²) in [4.78, 5) is 18.8. The summed E-state index contributed by atoms with van der Waals surface area (Å²) in [6.07, 6.45) is 4.36. The molecule has 0 aliphatic heterocycles. The van der Waals surface area contributed by atoms with Crippen molar-refractivity contribution in [3.63, 3.8) is 0 Å². The highest BCUT2D eigenvalue weighted by Gasteiger charge is 2.11. The van der Waals surface area contributed by atoms with Crippen LogP contribution in [-0.4, -0.2) is 15.9 Å². The second kappa shape index (κ2) is 4.48. The zero-order valence-electron chi connectivity index (χ0n) is 8.22. The van der Waals surface area contributed by atoms with Gasteiger partial charge in [-0.1, -0.05) is 0 Å². The summed E-state index contributed by atoms with van der Waals surface area (Å²) < 4.78 is 13.2. The number of hydrogen-bond donors (Lipinski definition) is 1. The molecule has 0 aliphatic rings. The summed E-state index contributed by atoms with van der Waals surface area (Å²) in [6, 6.07) is 6.11. The van der Waals surface area contributed by atoms with Crippen molar-refractivity contribution >= 4 is 11.6 Å². The van der Waals surface area contributed by atoms with Crippen LogP contribution in [0.2, 0.25) is 0 Å². The van der Waals surface area contributed by atoms with Gasteiger partial charge in [-0.25, -0.2) is 4.98 Å². The van der Waals surface area contributed by atoms with E-state index in [1.165, 1.54) is 30.7 Å². The number of carbonyl (C=O) groups is 1. The first-order chi connectivity index (χ1) is 7.77. The van der Waals surface area contributed by atoms with Crippen LogP contribution in [-0.2, 0) is 0 Å². The summed E-state index contributed by atoms with van der Waals surface area (Å²) in [7, 11) is 0. The Morgan fingerprint density at radius 3 is 2.62 bits per heavy atom. The van der Waals surface area contributed by atoms with Gasteiger partial charge in [-0.2, -0.15) is 4.39 Å². The third-order valence-electron chi connectivity index (χ3n) is 1.94. The van der Waals surface area contributed by atoms with E-state index in [0.717, 1.165) is 0 Å². The number of pyridine rings is 2. The Kier molecular flexibility index (Phi) is 2.86. The number of aromatic nitrogens is 2. The van der Waals surface area contributed by atoms with Gasteiger partial charge < -0.3 is 5.32 Å². The van der Waals surface area contributed by atoms with Crippen molar-refractivity contribution in [3.05, 3.63) is 54.4 Å². The summed E-state index contributed by atoms with van der Waals surface area (Å²) in [5.74, 6) is -1.31. The Bertz CT molecular complexity index is 502. The predicted octanol–water partition coefficient (Wildman–Crippen LogP) is 1.87. The maximum Gasteiger partial charge on any atom is 0.260 e. The lowest BCUT2D eigenvalue weighted by atomic mass is 10.2. The third kappa shape index (κ3) is 2.20. The fourth-order valence-corrected chi connectivity index (χ4v) is 1.19. The SMILES string of the molecule is O=C(Nc1ccncc1)c1cccnc1F. The van der Waals surface area contributed by atoms with Gasteiger partial charge in [0.2, 0.25) is 5.95 Å².